The van der Waals surface area contributed by atoms with Crippen LogP contribution in [-0.2, 0) is 14.2 Å². The molecule has 0 radical (unpaired) electrons. The third kappa shape index (κ3) is 14.1. The first-order valence-corrected chi connectivity index (χ1v) is 24.6. The van der Waals surface area contributed by atoms with E-state index < -0.39 is 0 Å². The van der Waals surface area contributed by atoms with Crippen LogP contribution in [0.1, 0.15) is 145 Å². The lowest BCUT2D eigenvalue weighted by atomic mass is 9.84. The molecule has 5 heterocycles. The summed E-state index contributed by atoms with van der Waals surface area (Å²) in [5.74, 6) is 1.77. The van der Waals surface area contributed by atoms with Crippen molar-refractivity contribution in [3.8, 4) is 0 Å². The predicted octanol–water partition coefficient (Wildman–Crippen LogP) is 7.28. The van der Waals surface area contributed by atoms with Crippen LogP contribution in [0, 0.1) is 22.7 Å². The molecule has 3 saturated carbocycles. The second-order valence-electron chi connectivity index (χ2n) is 22.3. The first-order chi connectivity index (χ1) is 27.3. The van der Waals surface area contributed by atoms with Crippen molar-refractivity contribution in [2.75, 3.05) is 105 Å². The Morgan fingerprint density at radius 2 is 0.877 bits per heavy atom. The molecule has 5 aliphatic heterocycles. The van der Waals surface area contributed by atoms with Crippen LogP contribution < -0.4 is 10.6 Å². The smallest absolute Gasteiger partial charge is 0.0807 e. The first-order valence-electron chi connectivity index (χ1n) is 24.6. The highest BCUT2D eigenvalue weighted by Gasteiger charge is 2.52. The average molecular weight is 801 g/mol. The van der Waals surface area contributed by atoms with Crippen LogP contribution in [0.15, 0.2) is 0 Å². The van der Waals surface area contributed by atoms with Gasteiger partial charge in [-0.25, -0.2) is 0 Å². The molecule has 8 rings (SSSR count). The fourth-order valence-corrected chi connectivity index (χ4v) is 11.4. The second kappa shape index (κ2) is 21.1. The fourth-order valence-electron chi connectivity index (χ4n) is 11.4. The van der Waals surface area contributed by atoms with Crippen LogP contribution >= 0.6 is 0 Å². The van der Waals surface area contributed by atoms with Gasteiger partial charge in [0.05, 0.1) is 43.2 Å². The Labute approximate surface area is 351 Å². The van der Waals surface area contributed by atoms with Crippen molar-refractivity contribution in [1.29, 1.82) is 0 Å². The van der Waals surface area contributed by atoms with Gasteiger partial charge in [-0.15, -0.1) is 0 Å². The van der Waals surface area contributed by atoms with Crippen LogP contribution in [0.3, 0.4) is 0 Å². The molecule has 0 aromatic rings. The molecule has 0 bridgehead atoms. The summed E-state index contributed by atoms with van der Waals surface area (Å²) in [6.45, 7) is 37.2. The molecular formula is C48H92N6O3. The van der Waals surface area contributed by atoms with Crippen molar-refractivity contribution >= 4 is 0 Å². The number of nitrogens with one attached hydrogen (secondary N) is 2. The summed E-state index contributed by atoms with van der Waals surface area (Å²) in [6, 6.07) is 0. The van der Waals surface area contributed by atoms with Gasteiger partial charge < -0.3 is 24.8 Å². The summed E-state index contributed by atoms with van der Waals surface area (Å²) in [5.41, 5.74) is 1.61. The quantitative estimate of drug-likeness (QED) is 0.238. The van der Waals surface area contributed by atoms with Crippen LogP contribution in [0.5, 0.6) is 0 Å². The van der Waals surface area contributed by atoms with E-state index >= 15 is 0 Å². The zero-order chi connectivity index (χ0) is 40.5. The summed E-state index contributed by atoms with van der Waals surface area (Å²) in [4.78, 5) is 11.1. The molecular weight excluding hydrogens is 709 g/mol. The number of hydrogen-bond donors (Lipinski definition) is 2. The number of hydrogen-bond acceptors (Lipinski definition) is 9. The third-order valence-corrected chi connectivity index (χ3v) is 14.6. The van der Waals surface area contributed by atoms with Crippen molar-refractivity contribution in [3.63, 3.8) is 0 Å². The molecule has 8 fully saturated rings. The summed E-state index contributed by atoms with van der Waals surface area (Å²) < 4.78 is 18.5. The van der Waals surface area contributed by atoms with E-state index in [2.05, 4.69) is 71.8 Å². The molecule has 8 aliphatic rings. The molecule has 0 aromatic heterocycles. The standard InChI is InChI=1S/C23H43N3O2.C23H43N3O.C2H6/c1-22(2,3)15-26-13-12-25(16-23(26)17-27-18-23)14-19-4-6-20(7-5-19)28-21-8-10-24-11-9-21;1-22(2,3)17-26-15-14-25(18-23(26)10-11-23)16-19-4-6-20(7-5-19)27-21-8-12-24-13-9-21;1-2/h19-21,24H,4-18H2,1-3H3;19-21,24H,4-18H2,1-3H3;1-2H3. The van der Waals surface area contributed by atoms with E-state index in [0.717, 1.165) is 51.2 Å². The van der Waals surface area contributed by atoms with E-state index in [-0.39, 0.29) is 0 Å². The van der Waals surface area contributed by atoms with E-state index in [0.29, 0.717) is 46.3 Å². The number of piperazine rings is 2. The van der Waals surface area contributed by atoms with Crippen LogP contribution in [0.25, 0.3) is 0 Å². The Bertz CT molecular complexity index is 1140. The lowest BCUT2D eigenvalue weighted by Crippen LogP contribution is -2.72. The van der Waals surface area contributed by atoms with E-state index in [1.54, 1.807) is 0 Å². The van der Waals surface area contributed by atoms with Gasteiger partial charge in [0.15, 0.2) is 0 Å². The summed E-state index contributed by atoms with van der Waals surface area (Å²) in [5, 5.41) is 6.88. The van der Waals surface area contributed by atoms with E-state index in [4.69, 9.17) is 14.2 Å². The third-order valence-electron chi connectivity index (χ3n) is 14.6. The van der Waals surface area contributed by atoms with Crippen molar-refractivity contribution in [3.05, 3.63) is 0 Å². The van der Waals surface area contributed by atoms with Crippen molar-refractivity contribution in [2.24, 2.45) is 22.7 Å². The predicted molar refractivity (Wildman–Crippen MR) is 237 cm³/mol. The lowest BCUT2D eigenvalue weighted by molar-refractivity contribution is -0.177. The minimum absolute atomic E-state index is 0.293. The van der Waals surface area contributed by atoms with E-state index in [1.807, 2.05) is 13.8 Å². The molecule has 0 atom stereocenters. The maximum atomic E-state index is 6.41. The summed E-state index contributed by atoms with van der Waals surface area (Å²) in [6.07, 6.45) is 20.4. The first kappa shape index (κ1) is 46.2. The highest BCUT2D eigenvalue weighted by atomic mass is 16.5. The van der Waals surface area contributed by atoms with Crippen molar-refractivity contribution < 1.29 is 14.2 Å². The molecule has 332 valence electrons. The monoisotopic (exact) mass is 801 g/mol. The molecule has 2 N–H and O–H groups in total. The fraction of sp³-hybridized carbons (Fsp3) is 1.00. The Hall–Kier alpha value is -0.360. The molecule has 9 heteroatoms. The zero-order valence-electron chi connectivity index (χ0n) is 38.7. The normalized spacial score (nSPS) is 32.2. The summed E-state index contributed by atoms with van der Waals surface area (Å²) >= 11 is 0. The number of ether oxygens (including phenoxy) is 3. The molecule has 0 unspecified atom stereocenters. The van der Waals surface area contributed by atoms with E-state index in [1.165, 1.54) is 155 Å². The van der Waals surface area contributed by atoms with Crippen LogP contribution in [0.4, 0.5) is 0 Å². The van der Waals surface area contributed by atoms with Gasteiger partial charge in [-0.05, 0) is 139 Å². The van der Waals surface area contributed by atoms with Gasteiger partial charge in [0.1, 0.15) is 0 Å². The molecule has 0 aromatic carbocycles. The van der Waals surface area contributed by atoms with Crippen LogP contribution in [-0.4, -0.2) is 160 Å². The Morgan fingerprint density at radius 3 is 1.23 bits per heavy atom. The minimum atomic E-state index is 0.293. The second-order valence-corrected chi connectivity index (χ2v) is 22.3. The SMILES string of the molecule is CC.CC(C)(C)CN1CCN(CC2CCC(OC3CCNCC3)CC2)CC12CC2.CC(C)(C)CN1CCN(CC2CCC(OC3CCNCC3)CC2)CC12COC2. The minimum Gasteiger partial charge on any atom is -0.377 e. The number of nitrogens with zero attached hydrogens (tertiary/aromatic N) is 4. The molecule has 57 heavy (non-hydrogen) atoms. The maximum Gasteiger partial charge on any atom is 0.0807 e. The number of piperidine rings is 2. The van der Waals surface area contributed by atoms with Gasteiger partial charge in [-0.2, -0.15) is 0 Å². The lowest BCUT2D eigenvalue weighted by Gasteiger charge is -2.57. The highest BCUT2D eigenvalue weighted by Crippen LogP contribution is 2.46. The number of rotatable bonds is 10. The summed E-state index contributed by atoms with van der Waals surface area (Å²) in [7, 11) is 0. The van der Waals surface area contributed by atoms with Crippen LogP contribution in [0.2, 0.25) is 0 Å². The Morgan fingerprint density at radius 1 is 0.509 bits per heavy atom. The van der Waals surface area contributed by atoms with Gasteiger partial charge in [0.25, 0.3) is 0 Å². The van der Waals surface area contributed by atoms with Gasteiger partial charge in [0, 0.05) is 71.0 Å². The van der Waals surface area contributed by atoms with Gasteiger partial charge in [-0.3, -0.25) is 19.6 Å². The molecule has 2 spiro atoms. The Balaban J connectivity index is 0.000000185. The average Bonchev–Trinajstić information content (AvgIpc) is 3.95. The van der Waals surface area contributed by atoms with Gasteiger partial charge in [-0.1, -0.05) is 55.4 Å². The molecule has 0 amide bonds. The van der Waals surface area contributed by atoms with E-state index in [9.17, 15) is 0 Å². The van der Waals surface area contributed by atoms with Gasteiger partial charge in [0.2, 0.25) is 0 Å². The molecule has 5 saturated heterocycles. The largest absolute Gasteiger partial charge is 0.377 e. The topological polar surface area (TPSA) is 64.7 Å². The highest BCUT2D eigenvalue weighted by molar-refractivity contribution is 5.09. The maximum absolute atomic E-state index is 6.41. The zero-order valence-corrected chi connectivity index (χ0v) is 38.7. The molecule has 9 nitrogen and oxygen atoms in total. The van der Waals surface area contributed by atoms with Crippen molar-refractivity contribution in [1.82, 2.24) is 30.2 Å². The van der Waals surface area contributed by atoms with Crippen molar-refractivity contribution in [2.45, 2.75) is 181 Å². The molecule has 3 aliphatic carbocycles. The van der Waals surface area contributed by atoms with Gasteiger partial charge >= 0.3 is 0 Å². The Kier molecular flexibility index (Phi) is 17.1.